The van der Waals surface area contributed by atoms with Crippen LogP contribution in [0.15, 0.2) is 12.1 Å². The first-order valence-corrected chi connectivity index (χ1v) is 5.61. The molecule has 0 unspecified atom stereocenters. The number of hydrogen-bond donors (Lipinski definition) is 3. The molecule has 4 nitrogen and oxygen atoms in total. The fourth-order valence-electron chi connectivity index (χ4n) is 1.69. The number of aliphatic hydroxyl groups excluding tert-OH is 1. The zero-order valence-corrected chi connectivity index (χ0v) is 9.67. The Morgan fingerprint density at radius 2 is 2.00 bits per heavy atom. The van der Waals surface area contributed by atoms with E-state index in [-0.39, 0.29) is 23.3 Å². The lowest BCUT2D eigenvalue weighted by Crippen LogP contribution is -2.32. The zero-order chi connectivity index (χ0) is 13.3. The molecule has 1 aromatic rings. The van der Waals surface area contributed by atoms with Crippen LogP contribution in [0.25, 0.3) is 0 Å². The van der Waals surface area contributed by atoms with Crippen molar-refractivity contribution in [3.63, 3.8) is 0 Å². The van der Waals surface area contributed by atoms with Gasteiger partial charge in [-0.3, -0.25) is 4.79 Å². The molecule has 1 amide bonds. The van der Waals surface area contributed by atoms with Crippen molar-refractivity contribution in [2.24, 2.45) is 5.41 Å². The standard InChI is InChI=1S/C12H14F2N2O2/c13-8-3-7(10(15)4-9(8)14)11(18)16-5-12(6-17)1-2-12/h3-4,17H,1-2,5-6,15H2,(H,16,18). The summed E-state index contributed by atoms with van der Waals surface area (Å²) in [4.78, 5) is 11.8. The summed E-state index contributed by atoms with van der Waals surface area (Å²) in [6.45, 7) is 0.307. The smallest absolute Gasteiger partial charge is 0.253 e. The van der Waals surface area contributed by atoms with Gasteiger partial charge in [0.1, 0.15) is 0 Å². The van der Waals surface area contributed by atoms with Gasteiger partial charge in [-0.05, 0) is 18.9 Å². The molecule has 98 valence electrons. The summed E-state index contributed by atoms with van der Waals surface area (Å²) >= 11 is 0. The van der Waals surface area contributed by atoms with Gasteiger partial charge in [0.15, 0.2) is 11.6 Å². The van der Waals surface area contributed by atoms with Crippen LogP contribution >= 0.6 is 0 Å². The summed E-state index contributed by atoms with van der Waals surface area (Å²) in [7, 11) is 0. The monoisotopic (exact) mass is 256 g/mol. The summed E-state index contributed by atoms with van der Waals surface area (Å²) in [6, 6.07) is 1.56. The van der Waals surface area contributed by atoms with Gasteiger partial charge < -0.3 is 16.2 Å². The molecule has 18 heavy (non-hydrogen) atoms. The maximum Gasteiger partial charge on any atom is 0.253 e. The van der Waals surface area contributed by atoms with Crippen molar-refractivity contribution >= 4 is 11.6 Å². The van der Waals surface area contributed by atoms with Crippen LogP contribution in [0.4, 0.5) is 14.5 Å². The number of aliphatic hydroxyl groups is 1. The normalized spacial score (nSPS) is 16.4. The lowest BCUT2D eigenvalue weighted by atomic mass is 10.1. The van der Waals surface area contributed by atoms with Crippen LogP contribution in [-0.2, 0) is 0 Å². The Morgan fingerprint density at radius 1 is 1.39 bits per heavy atom. The van der Waals surface area contributed by atoms with Crippen molar-refractivity contribution in [2.75, 3.05) is 18.9 Å². The Labute approximate surface area is 103 Å². The first-order chi connectivity index (χ1) is 8.47. The Kier molecular flexibility index (Phi) is 3.21. The average Bonchev–Trinajstić information content (AvgIpc) is 3.11. The highest BCUT2D eigenvalue weighted by Gasteiger charge is 2.42. The second-order valence-electron chi connectivity index (χ2n) is 4.69. The number of carbonyl (C=O) groups is 1. The van der Waals surface area contributed by atoms with Crippen LogP contribution in [0.5, 0.6) is 0 Å². The highest BCUT2D eigenvalue weighted by atomic mass is 19.2. The van der Waals surface area contributed by atoms with E-state index >= 15 is 0 Å². The molecule has 2 rings (SSSR count). The molecule has 0 heterocycles. The number of carbonyl (C=O) groups excluding carboxylic acids is 1. The minimum absolute atomic E-state index is 0.000537. The van der Waals surface area contributed by atoms with E-state index in [1.807, 2.05) is 0 Å². The van der Waals surface area contributed by atoms with Gasteiger partial charge in [0.25, 0.3) is 5.91 Å². The topological polar surface area (TPSA) is 75.4 Å². The molecule has 0 spiro atoms. The van der Waals surface area contributed by atoms with Gasteiger partial charge in [0, 0.05) is 23.7 Å². The minimum atomic E-state index is -1.11. The van der Waals surface area contributed by atoms with Gasteiger partial charge in [0.2, 0.25) is 0 Å². The summed E-state index contributed by atoms with van der Waals surface area (Å²) < 4.78 is 25.9. The van der Waals surface area contributed by atoms with Crippen molar-refractivity contribution in [1.82, 2.24) is 5.32 Å². The van der Waals surface area contributed by atoms with Crippen LogP contribution in [0.1, 0.15) is 23.2 Å². The Hall–Kier alpha value is -1.69. The molecule has 0 bridgehead atoms. The number of halogens is 2. The maximum absolute atomic E-state index is 13.0. The number of nitrogen functional groups attached to an aromatic ring is 1. The van der Waals surface area contributed by atoms with E-state index in [9.17, 15) is 13.6 Å². The Bertz CT molecular complexity index is 487. The molecule has 0 aliphatic heterocycles. The van der Waals surface area contributed by atoms with Crippen molar-refractivity contribution < 1.29 is 18.7 Å². The van der Waals surface area contributed by atoms with Crippen molar-refractivity contribution in [3.05, 3.63) is 29.3 Å². The van der Waals surface area contributed by atoms with Crippen molar-refractivity contribution in [1.29, 1.82) is 0 Å². The zero-order valence-electron chi connectivity index (χ0n) is 9.67. The largest absolute Gasteiger partial charge is 0.398 e. The molecule has 0 atom stereocenters. The predicted molar refractivity (Wildman–Crippen MR) is 61.9 cm³/mol. The third-order valence-corrected chi connectivity index (χ3v) is 3.25. The fourth-order valence-corrected chi connectivity index (χ4v) is 1.69. The van der Waals surface area contributed by atoms with E-state index in [0.29, 0.717) is 6.54 Å². The predicted octanol–water partition coefficient (Wildman–Crippen LogP) is 1.05. The second-order valence-corrected chi connectivity index (χ2v) is 4.69. The van der Waals surface area contributed by atoms with Gasteiger partial charge in [-0.25, -0.2) is 8.78 Å². The van der Waals surface area contributed by atoms with Gasteiger partial charge in [0.05, 0.1) is 12.2 Å². The average molecular weight is 256 g/mol. The molecule has 4 N–H and O–H groups in total. The molecule has 1 aromatic carbocycles. The molecule has 1 aliphatic carbocycles. The quantitative estimate of drug-likeness (QED) is 0.705. The van der Waals surface area contributed by atoms with Crippen molar-refractivity contribution in [3.8, 4) is 0 Å². The van der Waals surface area contributed by atoms with Crippen LogP contribution < -0.4 is 11.1 Å². The van der Waals surface area contributed by atoms with Crippen LogP contribution in [0.3, 0.4) is 0 Å². The maximum atomic E-state index is 13.0. The highest BCUT2D eigenvalue weighted by molar-refractivity contribution is 5.99. The molecular weight excluding hydrogens is 242 g/mol. The molecule has 0 radical (unpaired) electrons. The molecule has 1 saturated carbocycles. The number of amides is 1. The number of benzene rings is 1. The molecule has 0 aromatic heterocycles. The summed E-state index contributed by atoms with van der Waals surface area (Å²) in [5.41, 5.74) is 5.01. The lowest BCUT2D eigenvalue weighted by molar-refractivity contribution is 0.0935. The number of nitrogens with two attached hydrogens (primary N) is 1. The number of rotatable bonds is 4. The van der Waals surface area contributed by atoms with E-state index < -0.39 is 17.5 Å². The number of anilines is 1. The second kappa shape index (κ2) is 4.53. The van der Waals surface area contributed by atoms with Crippen LogP contribution in [0, 0.1) is 17.0 Å². The Balaban J connectivity index is 2.07. The number of hydrogen-bond acceptors (Lipinski definition) is 3. The molecular formula is C12H14F2N2O2. The van der Waals surface area contributed by atoms with Crippen LogP contribution in [-0.4, -0.2) is 24.2 Å². The third-order valence-electron chi connectivity index (χ3n) is 3.25. The molecule has 1 aliphatic rings. The van der Waals surface area contributed by atoms with Gasteiger partial charge in [-0.15, -0.1) is 0 Å². The van der Waals surface area contributed by atoms with Crippen LogP contribution in [0.2, 0.25) is 0 Å². The van der Waals surface area contributed by atoms with Gasteiger partial charge in [-0.1, -0.05) is 0 Å². The lowest BCUT2D eigenvalue weighted by Gasteiger charge is -2.13. The number of nitrogens with one attached hydrogen (secondary N) is 1. The summed E-state index contributed by atoms with van der Waals surface area (Å²) in [5.74, 6) is -2.76. The molecule has 1 fully saturated rings. The van der Waals surface area contributed by atoms with E-state index in [1.54, 1.807) is 0 Å². The van der Waals surface area contributed by atoms with Gasteiger partial charge >= 0.3 is 0 Å². The van der Waals surface area contributed by atoms with E-state index in [1.165, 1.54) is 0 Å². The highest BCUT2D eigenvalue weighted by Crippen LogP contribution is 2.44. The SMILES string of the molecule is Nc1cc(F)c(F)cc1C(=O)NCC1(CO)CC1. The molecule has 6 heteroatoms. The van der Waals surface area contributed by atoms with E-state index in [0.717, 1.165) is 25.0 Å². The summed E-state index contributed by atoms with van der Waals surface area (Å²) in [5, 5.41) is 11.7. The minimum Gasteiger partial charge on any atom is -0.398 e. The molecule has 0 saturated heterocycles. The first-order valence-electron chi connectivity index (χ1n) is 5.61. The summed E-state index contributed by atoms with van der Waals surface area (Å²) in [6.07, 6.45) is 1.69. The van der Waals surface area contributed by atoms with E-state index in [4.69, 9.17) is 10.8 Å². The van der Waals surface area contributed by atoms with E-state index in [2.05, 4.69) is 5.32 Å². The fraction of sp³-hybridized carbons (Fsp3) is 0.417. The van der Waals surface area contributed by atoms with Crippen molar-refractivity contribution in [2.45, 2.75) is 12.8 Å². The first kappa shape index (κ1) is 12.8. The van der Waals surface area contributed by atoms with Gasteiger partial charge in [-0.2, -0.15) is 0 Å². The Morgan fingerprint density at radius 3 is 2.56 bits per heavy atom. The third kappa shape index (κ3) is 2.43.